The summed E-state index contributed by atoms with van der Waals surface area (Å²) >= 11 is 9.88. The first-order valence-corrected chi connectivity index (χ1v) is 9.14. The number of aryl methyl sites for hydroxylation is 1. The van der Waals surface area contributed by atoms with Gasteiger partial charge in [0, 0.05) is 10.0 Å². The number of benzene rings is 2. The van der Waals surface area contributed by atoms with Crippen molar-refractivity contribution < 1.29 is 14.6 Å². The highest BCUT2D eigenvalue weighted by molar-refractivity contribution is 9.11. The number of amides is 1. The third kappa shape index (κ3) is 5.06. The molecular weight excluding hydrogens is 508 g/mol. The summed E-state index contributed by atoms with van der Waals surface area (Å²) in [5, 5.41) is 13.7. The molecule has 24 heavy (non-hydrogen) atoms. The van der Waals surface area contributed by atoms with Crippen LogP contribution in [0.1, 0.15) is 11.1 Å². The molecule has 0 bridgehead atoms. The number of ether oxygens (including phenoxy) is 1. The number of phenols is 1. The van der Waals surface area contributed by atoms with Crippen molar-refractivity contribution in [3.8, 4) is 11.5 Å². The van der Waals surface area contributed by atoms with Gasteiger partial charge in [0.25, 0.3) is 5.91 Å². The normalized spacial score (nSPS) is 10.8. The molecular formula is C16H13Br3N2O3. The number of phenolic OH excluding ortho intramolecular Hbond substituents is 1. The van der Waals surface area contributed by atoms with Gasteiger partial charge in [-0.3, -0.25) is 4.79 Å². The highest BCUT2D eigenvalue weighted by Gasteiger charge is 2.12. The lowest BCUT2D eigenvalue weighted by molar-refractivity contribution is -0.123. The number of hydrazone groups is 1. The smallest absolute Gasteiger partial charge is 0.277 e. The topological polar surface area (TPSA) is 70.9 Å². The summed E-state index contributed by atoms with van der Waals surface area (Å²) in [4.78, 5) is 11.8. The van der Waals surface area contributed by atoms with Crippen LogP contribution in [0.2, 0.25) is 0 Å². The minimum atomic E-state index is -0.388. The molecule has 0 unspecified atom stereocenters. The lowest BCUT2D eigenvalue weighted by Crippen LogP contribution is -2.24. The Bertz CT molecular complexity index is 794. The molecule has 0 saturated carbocycles. The quantitative estimate of drug-likeness (QED) is 0.450. The number of rotatable bonds is 5. The Hall–Kier alpha value is -1.38. The molecule has 2 aromatic carbocycles. The zero-order chi connectivity index (χ0) is 17.7. The molecule has 0 aliphatic carbocycles. The molecule has 0 aliphatic heterocycles. The summed E-state index contributed by atoms with van der Waals surface area (Å²) in [5.41, 5.74) is 4.02. The van der Waals surface area contributed by atoms with E-state index in [1.165, 1.54) is 6.21 Å². The molecule has 0 heterocycles. The molecule has 0 aromatic heterocycles. The van der Waals surface area contributed by atoms with Gasteiger partial charge in [-0.05, 0) is 62.5 Å². The first-order chi connectivity index (χ1) is 11.4. The second-order valence-corrected chi connectivity index (χ2v) is 7.32. The monoisotopic (exact) mass is 518 g/mol. The SMILES string of the molecule is Cc1cccc(OCC(=O)NN=Cc2c(Br)cc(Br)c(O)c2Br)c1. The first kappa shape index (κ1) is 19.0. The van der Waals surface area contributed by atoms with Crippen molar-refractivity contribution in [3.05, 3.63) is 54.9 Å². The summed E-state index contributed by atoms with van der Waals surface area (Å²) in [6.07, 6.45) is 1.42. The standard InChI is InChI=1S/C16H13Br3N2O3/c1-9-3-2-4-10(5-9)24-8-14(22)21-20-7-11-12(17)6-13(18)16(23)15(11)19/h2-7,23H,8H2,1H3,(H,21,22). The molecule has 0 saturated heterocycles. The van der Waals surface area contributed by atoms with Crippen LogP contribution in [0.5, 0.6) is 11.5 Å². The van der Waals surface area contributed by atoms with E-state index in [2.05, 4.69) is 58.3 Å². The van der Waals surface area contributed by atoms with Gasteiger partial charge in [0.2, 0.25) is 0 Å². The molecule has 0 fully saturated rings. The second-order valence-electron chi connectivity index (χ2n) is 4.81. The first-order valence-electron chi connectivity index (χ1n) is 6.76. The number of nitrogens with one attached hydrogen (secondary N) is 1. The van der Waals surface area contributed by atoms with Crippen molar-refractivity contribution in [2.45, 2.75) is 6.92 Å². The number of halogens is 3. The van der Waals surface area contributed by atoms with E-state index >= 15 is 0 Å². The molecule has 0 radical (unpaired) electrons. The van der Waals surface area contributed by atoms with E-state index < -0.39 is 0 Å². The van der Waals surface area contributed by atoms with Crippen molar-refractivity contribution in [1.82, 2.24) is 5.43 Å². The minimum absolute atomic E-state index is 0.0498. The maximum Gasteiger partial charge on any atom is 0.277 e. The van der Waals surface area contributed by atoms with Gasteiger partial charge in [0.15, 0.2) is 6.61 Å². The van der Waals surface area contributed by atoms with Crippen LogP contribution in [-0.2, 0) is 4.79 Å². The number of carbonyl (C=O) groups is 1. The van der Waals surface area contributed by atoms with Gasteiger partial charge in [0.05, 0.1) is 15.2 Å². The Morgan fingerprint density at radius 3 is 2.75 bits per heavy atom. The van der Waals surface area contributed by atoms with Crippen LogP contribution < -0.4 is 10.2 Å². The highest BCUT2D eigenvalue weighted by atomic mass is 79.9. The van der Waals surface area contributed by atoms with Crippen LogP contribution in [0.3, 0.4) is 0 Å². The Balaban J connectivity index is 1.94. The highest BCUT2D eigenvalue weighted by Crippen LogP contribution is 2.38. The number of hydrogen-bond donors (Lipinski definition) is 2. The molecule has 2 aromatic rings. The summed E-state index contributed by atoms with van der Waals surface area (Å²) in [7, 11) is 0. The molecule has 8 heteroatoms. The largest absolute Gasteiger partial charge is 0.506 e. The van der Waals surface area contributed by atoms with Gasteiger partial charge in [-0.25, -0.2) is 5.43 Å². The Morgan fingerprint density at radius 1 is 1.29 bits per heavy atom. The Morgan fingerprint density at radius 2 is 2.04 bits per heavy atom. The molecule has 126 valence electrons. The van der Waals surface area contributed by atoms with Crippen molar-refractivity contribution >= 4 is 59.9 Å². The average molecular weight is 521 g/mol. The van der Waals surface area contributed by atoms with Crippen LogP contribution in [0.4, 0.5) is 0 Å². The fourth-order valence-electron chi connectivity index (χ4n) is 1.77. The third-order valence-corrected chi connectivity index (χ3v) is 4.99. The summed E-state index contributed by atoms with van der Waals surface area (Å²) in [6.45, 7) is 1.80. The van der Waals surface area contributed by atoms with Crippen LogP contribution in [0, 0.1) is 6.92 Å². The Kier molecular flexibility index (Phi) is 6.82. The minimum Gasteiger partial charge on any atom is -0.506 e. The molecule has 2 rings (SSSR count). The number of nitrogens with zero attached hydrogens (tertiary/aromatic N) is 1. The van der Waals surface area contributed by atoms with E-state index in [-0.39, 0.29) is 18.3 Å². The summed E-state index contributed by atoms with van der Waals surface area (Å²) in [5.74, 6) is 0.285. The van der Waals surface area contributed by atoms with Crippen molar-refractivity contribution in [3.63, 3.8) is 0 Å². The lowest BCUT2D eigenvalue weighted by Gasteiger charge is -2.07. The number of aromatic hydroxyl groups is 1. The predicted octanol–water partition coefficient (Wildman–Crippen LogP) is 4.52. The van der Waals surface area contributed by atoms with Crippen LogP contribution in [0.25, 0.3) is 0 Å². The van der Waals surface area contributed by atoms with E-state index in [0.717, 1.165) is 5.56 Å². The van der Waals surface area contributed by atoms with E-state index in [1.54, 1.807) is 12.1 Å². The van der Waals surface area contributed by atoms with Crippen molar-refractivity contribution in [2.75, 3.05) is 6.61 Å². The zero-order valence-electron chi connectivity index (χ0n) is 12.5. The van der Waals surface area contributed by atoms with Crippen molar-refractivity contribution in [1.29, 1.82) is 0 Å². The predicted molar refractivity (Wildman–Crippen MR) is 104 cm³/mol. The second kappa shape index (κ2) is 8.64. The number of carbonyl (C=O) groups excluding carboxylic acids is 1. The summed E-state index contributed by atoms with van der Waals surface area (Å²) in [6, 6.07) is 9.11. The summed E-state index contributed by atoms with van der Waals surface area (Å²) < 4.78 is 7.08. The van der Waals surface area contributed by atoms with Gasteiger partial charge in [-0.1, -0.05) is 28.1 Å². The van der Waals surface area contributed by atoms with E-state index in [4.69, 9.17) is 4.74 Å². The van der Waals surface area contributed by atoms with Gasteiger partial charge >= 0.3 is 0 Å². The van der Waals surface area contributed by atoms with E-state index in [1.807, 2.05) is 25.1 Å². The maximum absolute atomic E-state index is 11.8. The third-order valence-electron chi connectivity index (χ3n) is 2.92. The number of hydrogen-bond acceptors (Lipinski definition) is 4. The van der Waals surface area contributed by atoms with E-state index in [0.29, 0.717) is 24.7 Å². The average Bonchev–Trinajstić information content (AvgIpc) is 2.54. The fourth-order valence-corrected chi connectivity index (χ4v) is 4.09. The lowest BCUT2D eigenvalue weighted by atomic mass is 10.2. The van der Waals surface area contributed by atoms with Gasteiger partial charge < -0.3 is 9.84 Å². The zero-order valence-corrected chi connectivity index (χ0v) is 17.3. The maximum atomic E-state index is 11.8. The fraction of sp³-hybridized carbons (Fsp3) is 0.125. The van der Waals surface area contributed by atoms with Crippen LogP contribution in [-0.4, -0.2) is 23.8 Å². The van der Waals surface area contributed by atoms with Crippen LogP contribution >= 0.6 is 47.8 Å². The molecule has 0 atom stereocenters. The Labute approximate surface area is 164 Å². The van der Waals surface area contributed by atoms with Crippen LogP contribution in [0.15, 0.2) is 48.9 Å². The van der Waals surface area contributed by atoms with Gasteiger partial charge in [-0.15, -0.1) is 0 Å². The van der Waals surface area contributed by atoms with Crippen molar-refractivity contribution in [2.24, 2.45) is 5.10 Å². The van der Waals surface area contributed by atoms with Gasteiger partial charge in [-0.2, -0.15) is 5.10 Å². The van der Waals surface area contributed by atoms with Gasteiger partial charge in [0.1, 0.15) is 11.5 Å². The molecule has 0 aliphatic rings. The molecule has 2 N–H and O–H groups in total. The van der Waals surface area contributed by atoms with E-state index in [9.17, 15) is 9.90 Å². The molecule has 0 spiro atoms. The molecule has 1 amide bonds. The molecule has 5 nitrogen and oxygen atoms in total.